The number of rotatable bonds is 8. The molecule has 0 spiro atoms. The highest BCUT2D eigenvalue weighted by Gasteiger charge is 2.26. The number of aliphatic hydroxyl groups excluding tert-OH is 1. The van der Waals surface area contributed by atoms with Gasteiger partial charge >= 0.3 is 0 Å². The van der Waals surface area contributed by atoms with E-state index < -0.39 is 0 Å². The standard InChI is InChI=1S/C22H27NO3S/c1-27-21-9-7-18(8-10-21)22(25)19-5-3-11-23(16-19)15-17-4-2-6-20(14-17)26-13-12-24/h2,4,6-10,14,19,24H,3,5,11-13,15-16H2,1H3/t19-/m0/s1. The summed E-state index contributed by atoms with van der Waals surface area (Å²) in [6.07, 6.45) is 4.04. The molecule has 1 N–H and O–H groups in total. The Morgan fingerprint density at radius 2 is 2.07 bits per heavy atom. The molecule has 2 aromatic carbocycles. The number of carbonyl (C=O) groups excluding carboxylic acids is 1. The second-order valence-corrected chi connectivity index (χ2v) is 7.77. The molecular weight excluding hydrogens is 358 g/mol. The summed E-state index contributed by atoms with van der Waals surface area (Å²) in [4.78, 5) is 16.4. The Morgan fingerprint density at radius 3 is 2.81 bits per heavy atom. The fourth-order valence-electron chi connectivity index (χ4n) is 3.56. The highest BCUT2D eigenvalue weighted by molar-refractivity contribution is 7.98. The molecule has 0 aliphatic carbocycles. The second-order valence-electron chi connectivity index (χ2n) is 6.89. The van der Waals surface area contributed by atoms with E-state index in [4.69, 9.17) is 9.84 Å². The van der Waals surface area contributed by atoms with Crippen LogP contribution in [0, 0.1) is 5.92 Å². The molecule has 5 heteroatoms. The van der Waals surface area contributed by atoms with Crippen LogP contribution >= 0.6 is 11.8 Å². The molecule has 2 aromatic rings. The Hall–Kier alpha value is -1.82. The zero-order chi connectivity index (χ0) is 19.1. The highest BCUT2D eigenvalue weighted by Crippen LogP contribution is 2.24. The number of aliphatic hydroxyl groups is 1. The van der Waals surface area contributed by atoms with E-state index in [0.717, 1.165) is 43.8 Å². The maximum Gasteiger partial charge on any atom is 0.167 e. The Bertz CT molecular complexity index is 747. The molecule has 0 radical (unpaired) electrons. The van der Waals surface area contributed by atoms with Crippen molar-refractivity contribution in [2.24, 2.45) is 5.92 Å². The largest absolute Gasteiger partial charge is 0.491 e. The quantitative estimate of drug-likeness (QED) is 0.552. The van der Waals surface area contributed by atoms with Gasteiger partial charge in [-0.05, 0) is 55.5 Å². The first-order valence-electron chi connectivity index (χ1n) is 9.43. The van der Waals surface area contributed by atoms with Gasteiger partial charge in [0.1, 0.15) is 12.4 Å². The summed E-state index contributed by atoms with van der Waals surface area (Å²) in [5.74, 6) is 1.10. The summed E-state index contributed by atoms with van der Waals surface area (Å²) in [7, 11) is 0. The van der Waals surface area contributed by atoms with Crippen LogP contribution < -0.4 is 4.74 Å². The summed E-state index contributed by atoms with van der Waals surface area (Å²) in [6, 6.07) is 15.9. The number of ether oxygens (including phenoxy) is 1. The molecule has 3 rings (SSSR count). The molecule has 1 atom stereocenters. The van der Waals surface area contributed by atoms with Gasteiger partial charge in [-0.15, -0.1) is 11.8 Å². The number of carbonyl (C=O) groups is 1. The lowest BCUT2D eigenvalue weighted by Crippen LogP contribution is -2.38. The minimum atomic E-state index is 0.0120. The van der Waals surface area contributed by atoms with Crippen LogP contribution in [0.4, 0.5) is 0 Å². The Kier molecular flexibility index (Phi) is 7.33. The third-order valence-corrected chi connectivity index (χ3v) is 5.66. The average Bonchev–Trinajstić information content (AvgIpc) is 2.72. The Morgan fingerprint density at radius 1 is 1.26 bits per heavy atom. The summed E-state index contributed by atoms with van der Waals surface area (Å²) in [5.41, 5.74) is 1.99. The van der Waals surface area contributed by atoms with Crippen LogP contribution in [-0.4, -0.2) is 48.3 Å². The minimum Gasteiger partial charge on any atom is -0.491 e. The monoisotopic (exact) mass is 385 g/mol. The molecule has 1 aliphatic rings. The average molecular weight is 386 g/mol. The van der Waals surface area contributed by atoms with Crippen molar-refractivity contribution in [1.29, 1.82) is 0 Å². The van der Waals surface area contributed by atoms with Gasteiger partial charge in [0.05, 0.1) is 6.61 Å². The number of piperidine rings is 1. The molecular formula is C22H27NO3S. The van der Waals surface area contributed by atoms with Crippen molar-refractivity contribution < 1.29 is 14.6 Å². The molecule has 144 valence electrons. The van der Waals surface area contributed by atoms with Gasteiger partial charge in [-0.3, -0.25) is 9.69 Å². The van der Waals surface area contributed by atoms with Gasteiger partial charge in [-0.1, -0.05) is 24.3 Å². The van der Waals surface area contributed by atoms with Gasteiger partial charge in [0.25, 0.3) is 0 Å². The van der Waals surface area contributed by atoms with Crippen molar-refractivity contribution >= 4 is 17.5 Å². The molecule has 27 heavy (non-hydrogen) atoms. The van der Waals surface area contributed by atoms with Crippen LogP contribution in [0.5, 0.6) is 5.75 Å². The molecule has 0 bridgehead atoms. The Balaban J connectivity index is 1.61. The number of nitrogens with zero attached hydrogens (tertiary/aromatic N) is 1. The molecule has 0 saturated carbocycles. The number of hydrogen-bond donors (Lipinski definition) is 1. The summed E-state index contributed by atoms with van der Waals surface area (Å²) in [6.45, 7) is 2.93. The van der Waals surface area contributed by atoms with E-state index in [0.29, 0.717) is 6.61 Å². The second kappa shape index (κ2) is 9.93. The molecule has 0 unspecified atom stereocenters. The van der Waals surface area contributed by atoms with E-state index in [1.165, 1.54) is 10.5 Å². The van der Waals surface area contributed by atoms with Gasteiger partial charge < -0.3 is 9.84 Å². The number of hydrogen-bond acceptors (Lipinski definition) is 5. The topological polar surface area (TPSA) is 49.8 Å². The number of benzene rings is 2. The lowest BCUT2D eigenvalue weighted by molar-refractivity contribution is 0.0811. The van der Waals surface area contributed by atoms with E-state index in [1.54, 1.807) is 11.8 Å². The van der Waals surface area contributed by atoms with Gasteiger partial charge in [-0.25, -0.2) is 0 Å². The van der Waals surface area contributed by atoms with Crippen molar-refractivity contribution in [1.82, 2.24) is 4.90 Å². The number of likely N-dealkylation sites (tertiary alicyclic amines) is 1. The van der Waals surface area contributed by atoms with Crippen molar-refractivity contribution in [2.45, 2.75) is 24.3 Å². The van der Waals surface area contributed by atoms with Crippen molar-refractivity contribution in [3.05, 3.63) is 59.7 Å². The molecule has 0 amide bonds. The van der Waals surface area contributed by atoms with Gasteiger partial charge in [0, 0.05) is 29.5 Å². The first kappa shape index (κ1) is 19.9. The fourth-order valence-corrected chi connectivity index (χ4v) is 3.97. The van der Waals surface area contributed by atoms with E-state index >= 15 is 0 Å². The van der Waals surface area contributed by atoms with Crippen LogP contribution in [0.2, 0.25) is 0 Å². The third kappa shape index (κ3) is 5.58. The molecule has 1 saturated heterocycles. The smallest absolute Gasteiger partial charge is 0.167 e. The maximum absolute atomic E-state index is 12.9. The van der Waals surface area contributed by atoms with Crippen LogP contribution in [0.25, 0.3) is 0 Å². The predicted molar refractivity (Wildman–Crippen MR) is 110 cm³/mol. The van der Waals surface area contributed by atoms with Crippen LogP contribution in [-0.2, 0) is 6.54 Å². The van der Waals surface area contributed by atoms with E-state index in [2.05, 4.69) is 11.0 Å². The van der Waals surface area contributed by atoms with Crippen molar-refractivity contribution in [3.63, 3.8) is 0 Å². The van der Waals surface area contributed by atoms with E-state index in [9.17, 15) is 4.79 Å². The Labute approximate surface area is 165 Å². The van der Waals surface area contributed by atoms with Crippen molar-refractivity contribution in [2.75, 3.05) is 32.6 Å². The highest BCUT2D eigenvalue weighted by atomic mass is 32.2. The summed E-state index contributed by atoms with van der Waals surface area (Å²) >= 11 is 1.69. The minimum absolute atomic E-state index is 0.0120. The molecule has 1 aliphatic heterocycles. The van der Waals surface area contributed by atoms with Gasteiger partial charge in [-0.2, -0.15) is 0 Å². The number of ketones is 1. The van der Waals surface area contributed by atoms with Crippen LogP contribution in [0.1, 0.15) is 28.8 Å². The molecule has 4 nitrogen and oxygen atoms in total. The van der Waals surface area contributed by atoms with E-state index in [1.807, 2.05) is 48.7 Å². The fraction of sp³-hybridized carbons (Fsp3) is 0.409. The maximum atomic E-state index is 12.9. The van der Waals surface area contributed by atoms with Gasteiger partial charge in [0.2, 0.25) is 0 Å². The first-order chi connectivity index (χ1) is 13.2. The predicted octanol–water partition coefficient (Wildman–Crippen LogP) is 3.87. The summed E-state index contributed by atoms with van der Waals surface area (Å²) < 4.78 is 5.50. The van der Waals surface area contributed by atoms with Crippen LogP contribution in [0.15, 0.2) is 53.4 Å². The normalized spacial score (nSPS) is 17.6. The number of Topliss-reactive ketones (excluding diaryl/α,β-unsaturated/α-hetero) is 1. The van der Waals surface area contributed by atoms with Gasteiger partial charge in [0.15, 0.2) is 5.78 Å². The van der Waals surface area contributed by atoms with Crippen LogP contribution in [0.3, 0.4) is 0 Å². The molecule has 1 fully saturated rings. The molecule has 0 aromatic heterocycles. The lowest BCUT2D eigenvalue weighted by atomic mass is 9.90. The zero-order valence-electron chi connectivity index (χ0n) is 15.8. The first-order valence-corrected chi connectivity index (χ1v) is 10.7. The zero-order valence-corrected chi connectivity index (χ0v) is 16.6. The summed E-state index contributed by atoms with van der Waals surface area (Å²) in [5, 5.41) is 8.90. The lowest BCUT2D eigenvalue weighted by Gasteiger charge is -2.32. The molecule has 1 heterocycles. The third-order valence-electron chi connectivity index (χ3n) is 4.92. The van der Waals surface area contributed by atoms with E-state index in [-0.39, 0.29) is 18.3 Å². The van der Waals surface area contributed by atoms with Crippen molar-refractivity contribution in [3.8, 4) is 5.75 Å². The SMILES string of the molecule is CSc1ccc(C(=O)[C@H]2CCCN(Cc3cccc(OCCO)c3)C2)cc1. The number of thioether (sulfide) groups is 1.